The van der Waals surface area contributed by atoms with Gasteiger partial charge in [-0.15, -0.1) is 0 Å². The third-order valence-corrected chi connectivity index (χ3v) is 3.78. The molecular weight excluding hydrogens is 218 g/mol. The van der Waals surface area contributed by atoms with E-state index in [-0.39, 0.29) is 23.3 Å². The molecule has 1 aliphatic carbocycles. The summed E-state index contributed by atoms with van der Waals surface area (Å²) < 4.78 is 4.77. The van der Waals surface area contributed by atoms with E-state index in [9.17, 15) is 9.59 Å². The number of esters is 1. The van der Waals surface area contributed by atoms with Crippen molar-refractivity contribution < 1.29 is 14.3 Å². The number of carbonyl (C=O) groups excluding carboxylic acids is 2. The molecule has 0 aromatic carbocycles. The lowest BCUT2D eigenvalue weighted by atomic mass is 9.73. The first kappa shape index (κ1) is 14.0. The third kappa shape index (κ3) is 3.72. The van der Waals surface area contributed by atoms with Crippen molar-refractivity contribution >= 4 is 11.9 Å². The molecule has 0 aromatic rings. The summed E-state index contributed by atoms with van der Waals surface area (Å²) in [5, 5.41) is 2.99. The van der Waals surface area contributed by atoms with Gasteiger partial charge in [0.25, 0.3) is 0 Å². The molecule has 0 unspecified atom stereocenters. The second-order valence-electron chi connectivity index (χ2n) is 5.47. The van der Waals surface area contributed by atoms with Crippen LogP contribution in [0.25, 0.3) is 0 Å². The summed E-state index contributed by atoms with van der Waals surface area (Å²) in [4.78, 5) is 22.5. The Kier molecular flexibility index (Phi) is 4.54. The lowest BCUT2D eigenvalue weighted by molar-refractivity contribution is -0.147. The van der Waals surface area contributed by atoms with Gasteiger partial charge in [-0.3, -0.25) is 9.59 Å². The quantitative estimate of drug-likeness (QED) is 0.768. The van der Waals surface area contributed by atoms with Crippen LogP contribution in [0.15, 0.2) is 0 Å². The predicted octanol–water partition coefficient (Wildman–Crippen LogP) is 1.88. The lowest BCUT2D eigenvalue weighted by Gasteiger charge is -2.39. The van der Waals surface area contributed by atoms with Crippen LogP contribution in [-0.2, 0) is 14.3 Å². The lowest BCUT2D eigenvalue weighted by Crippen LogP contribution is -2.49. The minimum absolute atomic E-state index is 0.00471. The maximum atomic E-state index is 11.4. The maximum absolute atomic E-state index is 11.4. The van der Waals surface area contributed by atoms with Gasteiger partial charge in [0.1, 0.15) is 0 Å². The van der Waals surface area contributed by atoms with E-state index in [0.29, 0.717) is 5.92 Å². The highest BCUT2D eigenvalue weighted by Crippen LogP contribution is 2.35. The molecule has 0 radical (unpaired) electrons. The zero-order valence-electron chi connectivity index (χ0n) is 11.2. The third-order valence-electron chi connectivity index (χ3n) is 3.78. The number of carbonyl (C=O) groups is 2. The van der Waals surface area contributed by atoms with Gasteiger partial charge in [0, 0.05) is 12.5 Å². The highest BCUT2D eigenvalue weighted by atomic mass is 16.5. The van der Waals surface area contributed by atoms with Crippen molar-refractivity contribution in [1.82, 2.24) is 5.32 Å². The van der Waals surface area contributed by atoms with Crippen molar-refractivity contribution in [2.45, 2.75) is 52.0 Å². The monoisotopic (exact) mass is 241 g/mol. The van der Waals surface area contributed by atoms with E-state index in [0.717, 1.165) is 25.7 Å². The average molecular weight is 241 g/mol. The van der Waals surface area contributed by atoms with E-state index >= 15 is 0 Å². The van der Waals surface area contributed by atoms with Crippen LogP contribution in [0, 0.1) is 11.8 Å². The van der Waals surface area contributed by atoms with Crippen LogP contribution in [0.5, 0.6) is 0 Å². The minimum atomic E-state index is -0.188. The van der Waals surface area contributed by atoms with E-state index in [1.54, 1.807) is 6.92 Å². The number of nitrogens with one attached hydrogen (secondary N) is 1. The van der Waals surface area contributed by atoms with Gasteiger partial charge < -0.3 is 10.1 Å². The normalized spacial score (nSPS) is 25.2. The Bertz CT molecular complexity index is 291. The number of methoxy groups -OCH3 is 1. The summed E-state index contributed by atoms with van der Waals surface area (Å²) >= 11 is 0. The van der Waals surface area contributed by atoms with E-state index in [2.05, 4.69) is 19.2 Å². The Morgan fingerprint density at radius 3 is 2.12 bits per heavy atom. The molecule has 17 heavy (non-hydrogen) atoms. The van der Waals surface area contributed by atoms with Gasteiger partial charge in [-0.25, -0.2) is 0 Å². The van der Waals surface area contributed by atoms with Crippen molar-refractivity contribution in [2.24, 2.45) is 11.8 Å². The van der Waals surface area contributed by atoms with E-state index in [4.69, 9.17) is 4.74 Å². The van der Waals surface area contributed by atoms with Crippen LogP contribution in [0.3, 0.4) is 0 Å². The zero-order valence-corrected chi connectivity index (χ0v) is 11.2. The number of hydrogen-bond donors (Lipinski definition) is 1. The largest absolute Gasteiger partial charge is 0.469 e. The van der Waals surface area contributed by atoms with Crippen molar-refractivity contribution in [2.75, 3.05) is 7.11 Å². The fourth-order valence-electron chi connectivity index (χ4n) is 2.77. The van der Waals surface area contributed by atoms with Crippen molar-refractivity contribution in [3.63, 3.8) is 0 Å². The molecule has 1 saturated carbocycles. The average Bonchev–Trinajstić information content (AvgIpc) is 2.26. The SMILES string of the molecule is COC(=O)[C@H]1CC[C@H](C(C)(C)NC(C)=O)CC1. The molecule has 1 rings (SSSR count). The molecule has 1 fully saturated rings. The first-order chi connectivity index (χ1) is 7.86. The van der Waals surface area contributed by atoms with Gasteiger partial charge in [0.2, 0.25) is 5.91 Å². The van der Waals surface area contributed by atoms with Gasteiger partial charge in [-0.05, 0) is 45.4 Å². The van der Waals surface area contributed by atoms with E-state index in [1.165, 1.54) is 7.11 Å². The smallest absolute Gasteiger partial charge is 0.308 e. The van der Waals surface area contributed by atoms with E-state index < -0.39 is 0 Å². The van der Waals surface area contributed by atoms with Crippen LogP contribution in [0.4, 0.5) is 0 Å². The van der Waals surface area contributed by atoms with Gasteiger partial charge >= 0.3 is 5.97 Å². The Hall–Kier alpha value is -1.06. The van der Waals surface area contributed by atoms with Crippen LogP contribution in [-0.4, -0.2) is 24.5 Å². The highest BCUT2D eigenvalue weighted by molar-refractivity contribution is 5.74. The van der Waals surface area contributed by atoms with Crippen LogP contribution < -0.4 is 5.32 Å². The Balaban J connectivity index is 2.51. The topological polar surface area (TPSA) is 55.4 Å². The number of hydrogen-bond acceptors (Lipinski definition) is 3. The molecule has 98 valence electrons. The summed E-state index contributed by atoms with van der Waals surface area (Å²) in [6.45, 7) is 5.65. The summed E-state index contributed by atoms with van der Waals surface area (Å²) in [5.41, 5.74) is -0.188. The predicted molar refractivity (Wildman–Crippen MR) is 65.4 cm³/mol. The van der Waals surface area contributed by atoms with Crippen LogP contribution >= 0.6 is 0 Å². The minimum Gasteiger partial charge on any atom is -0.469 e. The Morgan fingerprint density at radius 1 is 1.18 bits per heavy atom. The summed E-state index contributed by atoms with van der Waals surface area (Å²) in [6.07, 6.45) is 3.65. The van der Waals surface area contributed by atoms with Crippen molar-refractivity contribution in [3.05, 3.63) is 0 Å². The van der Waals surface area contributed by atoms with E-state index in [1.807, 2.05) is 0 Å². The molecule has 0 saturated heterocycles. The molecule has 4 heteroatoms. The van der Waals surface area contributed by atoms with Gasteiger partial charge in [0.15, 0.2) is 0 Å². The van der Waals surface area contributed by atoms with Gasteiger partial charge in [-0.2, -0.15) is 0 Å². The Labute approximate surface area is 103 Å². The molecule has 0 atom stereocenters. The first-order valence-electron chi connectivity index (χ1n) is 6.23. The fraction of sp³-hybridized carbons (Fsp3) is 0.846. The standard InChI is InChI=1S/C13H23NO3/c1-9(15)14-13(2,3)11-7-5-10(6-8-11)12(16)17-4/h10-11H,5-8H2,1-4H3,(H,14,15)/t10-,11-. The molecule has 0 aromatic heterocycles. The molecule has 1 aliphatic rings. The summed E-state index contributed by atoms with van der Waals surface area (Å²) in [7, 11) is 1.44. The molecule has 1 amide bonds. The molecule has 4 nitrogen and oxygen atoms in total. The first-order valence-corrected chi connectivity index (χ1v) is 6.23. The Morgan fingerprint density at radius 2 is 1.71 bits per heavy atom. The number of amides is 1. The molecule has 0 aliphatic heterocycles. The molecule has 0 heterocycles. The molecule has 0 bridgehead atoms. The summed E-state index contributed by atoms with van der Waals surface area (Å²) in [6, 6.07) is 0. The maximum Gasteiger partial charge on any atom is 0.308 e. The van der Waals surface area contributed by atoms with Crippen molar-refractivity contribution in [3.8, 4) is 0 Å². The van der Waals surface area contributed by atoms with Crippen LogP contribution in [0.2, 0.25) is 0 Å². The fourth-order valence-corrected chi connectivity index (χ4v) is 2.77. The van der Waals surface area contributed by atoms with Gasteiger partial charge in [0.05, 0.1) is 13.0 Å². The zero-order chi connectivity index (χ0) is 13.1. The van der Waals surface area contributed by atoms with Crippen molar-refractivity contribution in [1.29, 1.82) is 0 Å². The van der Waals surface area contributed by atoms with Crippen LogP contribution in [0.1, 0.15) is 46.5 Å². The second kappa shape index (κ2) is 5.52. The highest BCUT2D eigenvalue weighted by Gasteiger charge is 2.35. The number of ether oxygens (including phenoxy) is 1. The summed E-state index contributed by atoms with van der Waals surface area (Å²) in [5.74, 6) is 0.391. The van der Waals surface area contributed by atoms with Gasteiger partial charge in [-0.1, -0.05) is 0 Å². The molecular formula is C13H23NO3. The number of rotatable bonds is 3. The molecule has 0 spiro atoms. The second-order valence-corrected chi connectivity index (χ2v) is 5.47. The molecule has 1 N–H and O–H groups in total.